The summed E-state index contributed by atoms with van der Waals surface area (Å²) >= 11 is 0. The fourth-order valence-corrected chi connectivity index (χ4v) is 2.01. The Hall–Kier alpha value is -3.22. The number of hydrogen-bond donors (Lipinski definition) is 2. The molecule has 2 heterocycles. The van der Waals surface area contributed by atoms with Gasteiger partial charge in [-0.3, -0.25) is 4.98 Å². The summed E-state index contributed by atoms with van der Waals surface area (Å²) in [6.07, 6.45) is 6.59. The van der Waals surface area contributed by atoms with E-state index in [0.29, 0.717) is 24.9 Å². The summed E-state index contributed by atoms with van der Waals surface area (Å²) in [4.78, 5) is 16.8. The molecule has 0 saturated heterocycles. The van der Waals surface area contributed by atoms with Gasteiger partial charge in [0.05, 0.1) is 12.7 Å². The van der Waals surface area contributed by atoms with Crippen molar-refractivity contribution in [2.24, 2.45) is 0 Å². The molecule has 2 aromatic heterocycles. The van der Waals surface area contributed by atoms with Crippen LogP contribution in [0.5, 0.6) is 5.75 Å². The highest BCUT2D eigenvalue weighted by Gasteiger charge is 2.04. The second kappa shape index (κ2) is 7.87. The lowest BCUT2D eigenvalue weighted by Gasteiger charge is -2.11. The Morgan fingerprint density at radius 2 is 1.92 bits per heavy atom. The topological polar surface area (TPSA) is 84.9 Å². The van der Waals surface area contributed by atoms with Crippen molar-refractivity contribution in [2.75, 3.05) is 23.8 Å². The Kier molecular flexibility index (Phi) is 5.14. The Labute approximate surface area is 140 Å². The molecule has 0 bridgehead atoms. The van der Waals surface area contributed by atoms with Crippen LogP contribution >= 0.6 is 0 Å². The minimum absolute atomic E-state index is 0.465. The molecule has 0 aliphatic carbocycles. The summed E-state index contributed by atoms with van der Waals surface area (Å²) in [6, 6.07) is 9.71. The molecule has 122 valence electrons. The molecular weight excluding hydrogens is 304 g/mol. The van der Waals surface area contributed by atoms with E-state index in [1.807, 2.05) is 37.3 Å². The number of hydrogen-bond acceptors (Lipinski definition) is 7. The van der Waals surface area contributed by atoms with Gasteiger partial charge in [0.1, 0.15) is 18.2 Å². The maximum absolute atomic E-state index is 5.65. The van der Waals surface area contributed by atoms with E-state index in [9.17, 15) is 0 Å². The van der Waals surface area contributed by atoms with Gasteiger partial charge in [0.2, 0.25) is 5.95 Å². The summed E-state index contributed by atoms with van der Waals surface area (Å²) in [6.45, 7) is 3.13. The van der Waals surface area contributed by atoms with Crippen molar-refractivity contribution in [1.29, 1.82) is 0 Å². The van der Waals surface area contributed by atoms with E-state index >= 15 is 0 Å². The fraction of sp³-hybridized carbons (Fsp3) is 0.176. The van der Waals surface area contributed by atoms with E-state index in [2.05, 4.69) is 30.6 Å². The first-order valence-electron chi connectivity index (χ1n) is 7.59. The van der Waals surface area contributed by atoms with Crippen LogP contribution in [-0.4, -0.2) is 33.1 Å². The highest BCUT2D eigenvalue weighted by atomic mass is 16.5. The van der Waals surface area contributed by atoms with E-state index in [1.165, 1.54) is 0 Å². The highest BCUT2D eigenvalue weighted by molar-refractivity contribution is 5.51. The molecule has 0 saturated carbocycles. The molecule has 0 fully saturated rings. The number of aryl methyl sites for hydroxylation is 1. The Morgan fingerprint density at radius 3 is 2.71 bits per heavy atom. The third-order valence-corrected chi connectivity index (χ3v) is 3.18. The van der Waals surface area contributed by atoms with Gasteiger partial charge >= 0.3 is 0 Å². The predicted octanol–water partition coefficient (Wildman–Crippen LogP) is 2.81. The first-order chi connectivity index (χ1) is 11.8. The largest absolute Gasteiger partial charge is 0.492 e. The Morgan fingerprint density at radius 1 is 1.04 bits per heavy atom. The van der Waals surface area contributed by atoms with Crippen LogP contribution in [0.2, 0.25) is 0 Å². The van der Waals surface area contributed by atoms with Gasteiger partial charge in [0, 0.05) is 24.2 Å². The molecule has 1 aromatic carbocycles. The number of rotatable bonds is 7. The van der Waals surface area contributed by atoms with Gasteiger partial charge in [-0.2, -0.15) is 4.98 Å². The van der Waals surface area contributed by atoms with Gasteiger partial charge < -0.3 is 15.4 Å². The van der Waals surface area contributed by atoms with Crippen molar-refractivity contribution in [1.82, 2.24) is 19.9 Å². The molecule has 0 spiro atoms. The lowest BCUT2D eigenvalue weighted by molar-refractivity contribution is 0.332. The quantitative estimate of drug-likeness (QED) is 0.647. The van der Waals surface area contributed by atoms with Crippen LogP contribution in [0.25, 0.3) is 0 Å². The van der Waals surface area contributed by atoms with Crippen LogP contribution < -0.4 is 15.4 Å². The van der Waals surface area contributed by atoms with Crippen LogP contribution in [0.15, 0.2) is 55.1 Å². The molecule has 0 atom stereocenters. The number of para-hydroxylation sites is 1. The number of nitrogens with one attached hydrogen (secondary N) is 2. The number of nitrogens with zero attached hydrogens (tertiary/aromatic N) is 4. The van der Waals surface area contributed by atoms with Gasteiger partial charge in [-0.25, -0.2) is 9.97 Å². The second-order valence-electron chi connectivity index (χ2n) is 5.03. The van der Waals surface area contributed by atoms with Crippen molar-refractivity contribution >= 4 is 17.6 Å². The summed E-state index contributed by atoms with van der Waals surface area (Å²) < 4.78 is 5.65. The van der Waals surface area contributed by atoms with E-state index in [-0.39, 0.29) is 0 Å². The standard InChI is InChI=1S/C17H18N6O/c1-13-11-21-17(22-15-12-18-7-8-19-15)23-16(13)20-9-10-24-14-5-3-2-4-6-14/h2-8,11-12H,9-10H2,1H3,(H2,19,20,21,22,23). The molecule has 2 N–H and O–H groups in total. The van der Waals surface area contributed by atoms with E-state index < -0.39 is 0 Å². The molecular formula is C17H18N6O. The molecule has 0 aliphatic rings. The lowest BCUT2D eigenvalue weighted by Crippen LogP contribution is -2.14. The fourth-order valence-electron chi connectivity index (χ4n) is 2.01. The van der Waals surface area contributed by atoms with E-state index in [4.69, 9.17) is 4.74 Å². The predicted molar refractivity (Wildman–Crippen MR) is 92.5 cm³/mol. The summed E-state index contributed by atoms with van der Waals surface area (Å²) in [7, 11) is 0. The van der Waals surface area contributed by atoms with Gasteiger partial charge in [0.25, 0.3) is 0 Å². The van der Waals surface area contributed by atoms with Gasteiger partial charge in [-0.15, -0.1) is 0 Å². The van der Waals surface area contributed by atoms with Crippen molar-refractivity contribution in [3.63, 3.8) is 0 Å². The maximum Gasteiger partial charge on any atom is 0.230 e. The number of ether oxygens (including phenoxy) is 1. The first-order valence-corrected chi connectivity index (χ1v) is 7.59. The van der Waals surface area contributed by atoms with Crippen molar-refractivity contribution < 1.29 is 4.74 Å². The second-order valence-corrected chi connectivity index (χ2v) is 5.03. The van der Waals surface area contributed by atoms with Gasteiger partial charge in [-0.05, 0) is 19.1 Å². The maximum atomic E-state index is 5.65. The molecule has 0 aliphatic heterocycles. The zero-order valence-corrected chi connectivity index (χ0v) is 13.3. The monoisotopic (exact) mass is 322 g/mol. The molecule has 24 heavy (non-hydrogen) atoms. The zero-order valence-electron chi connectivity index (χ0n) is 13.3. The van der Waals surface area contributed by atoms with Crippen LogP contribution in [0.3, 0.4) is 0 Å². The summed E-state index contributed by atoms with van der Waals surface area (Å²) in [5, 5.41) is 6.28. The Bertz CT molecular complexity index is 767. The highest BCUT2D eigenvalue weighted by Crippen LogP contribution is 2.15. The molecule has 3 aromatic rings. The lowest BCUT2D eigenvalue weighted by atomic mass is 10.3. The van der Waals surface area contributed by atoms with Crippen molar-refractivity contribution in [3.8, 4) is 5.75 Å². The van der Waals surface area contributed by atoms with E-state index in [1.54, 1.807) is 24.8 Å². The molecule has 7 nitrogen and oxygen atoms in total. The minimum atomic E-state index is 0.465. The zero-order chi connectivity index (χ0) is 16.6. The molecule has 3 rings (SSSR count). The minimum Gasteiger partial charge on any atom is -0.492 e. The van der Waals surface area contributed by atoms with Crippen LogP contribution in [-0.2, 0) is 0 Å². The number of aromatic nitrogens is 4. The Balaban J connectivity index is 1.56. The molecule has 0 radical (unpaired) electrons. The SMILES string of the molecule is Cc1cnc(Nc2cnccn2)nc1NCCOc1ccccc1. The third kappa shape index (κ3) is 4.39. The number of benzene rings is 1. The number of anilines is 3. The van der Waals surface area contributed by atoms with Crippen molar-refractivity contribution in [2.45, 2.75) is 6.92 Å². The van der Waals surface area contributed by atoms with Crippen LogP contribution in [0, 0.1) is 6.92 Å². The summed E-state index contributed by atoms with van der Waals surface area (Å²) in [5.41, 5.74) is 0.958. The van der Waals surface area contributed by atoms with Crippen LogP contribution in [0.1, 0.15) is 5.56 Å². The van der Waals surface area contributed by atoms with Crippen molar-refractivity contribution in [3.05, 3.63) is 60.7 Å². The third-order valence-electron chi connectivity index (χ3n) is 3.18. The average Bonchev–Trinajstić information content (AvgIpc) is 2.63. The van der Waals surface area contributed by atoms with Crippen LogP contribution in [0.4, 0.5) is 17.6 Å². The van der Waals surface area contributed by atoms with Gasteiger partial charge in [0.15, 0.2) is 5.82 Å². The first kappa shape index (κ1) is 15.7. The molecule has 0 amide bonds. The average molecular weight is 322 g/mol. The van der Waals surface area contributed by atoms with E-state index in [0.717, 1.165) is 17.1 Å². The smallest absolute Gasteiger partial charge is 0.230 e. The normalized spacial score (nSPS) is 10.2. The van der Waals surface area contributed by atoms with Gasteiger partial charge in [-0.1, -0.05) is 18.2 Å². The molecule has 0 unspecified atom stereocenters. The molecule has 7 heteroatoms. The summed E-state index contributed by atoms with van der Waals surface area (Å²) in [5.74, 6) is 2.67.